The second kappa shape index (κ2) is 5.83. The molecular formula is C16H16N2O3. The van der Waals surface area contributed by atoms with Gasteiger partial charge >= 0.3 is 0 Å². The first-order valence-corrected chi connectivity index (χ1v) is 6.91. The monoisotopic (exact) mass is 284 g/mol. The zero-order valence-electron chi connectivity index (χ0n) is 11.7. The van der Waals surface area contributed by atoms with Crippen LogP contribution in [0.3, 0.4) is 0 Å². The van der Waals surface area contributed by atoms with Gasteiger partial charge in [-0.1, -0.05) is 24.2 Å². The van der Waals surface area contributed by atoms with E-state index < -0.39 is 0 Å². The second-order valence-electron chi connectivity index (χ2n) is 4.84. The summed E-state index contributed by atoms with van der Waals surface area (Å²) in [7, 11) is 0. The van der Waals surface area contributed by atoms with Gasteiger partial charge in [-0.25, -0.2) is 0 Å². The summed E-state index contributed by atoms with van der Waals surface area (Å²) in [5.74, 6) is 2.11. The van der Waals surface area contributed by atoms with Gasteiger partial charge in [-0.2, -0.15) is 4.98 Å². The van der Waals surface area contributed by atoms with Crippen LogP contribution in [0.4, 0.5) is 0 Å². The molecule has 3 aromatic rings. The van der Waals surface area contributed by atoms with Crippen LogP contribution in [0.2, 0.25) is 0 Å². The normalized spacial score (nSPS) is 10.9. The first-order chi connectivity index (χ1) is 10.2. The molecule has 0 aliphatic carbocycles. The predicted molar refractivity (Wildman–Crippen MR) is 78.2 cm³/mol. The van der Waals surface area contributed by atoms with E-state index in [1.165, 1.54) is 0 Å². The van der Waals surface area contributed by atoms with E-state index in [0.717, 1.165) is 23.6 Å². The number of aryl methyl sites for hydroxylation is 1. The number of hydrogen-bond donors (Lipinski definition) is 1. The lowest BCUT2D eigenvalue weighted by Gasteiger charge is -2.05. The van der Waals surface area contributed by atoms with E-state index in [0.29, 0.717) is 17.5 Å². The molecule has 108 valence electrons. The Labute approximate surface area is 122 Å². The molecule has 5 heteroatoms. The number of hydrogen-bond acceptors (Lipinski definition) is 5. The van der Waals surface area contributed by atoms with Crippen LogP contribution in [0, 0.1) is 0 Å². The second-order valence-corrected chi connectivity index (χ2v) is 4.84. The molecule has 3 rings (SSSR count). The number of ether oxygens (including phenoxy) is 1. The Balaban J connectivity index is 1.72. The van der Waals surface area contributed by atoms with Crippen LogP contribution in [0.15, 0.2) is 40.9 Å². The molecule has 0 saturated heterocycles. The summed E-state index contributed by atoms with van der Waals surface area (Å²) in [5, 5.41) is 15.4. The minimum Gasteiger partial charge on any atom is -0.508 e. The van der Waals surface area contributed by atoms with Crippen molar-refractivity contribution in [1.29, 1.82) is 0 Å². The lowest BCUT2D eigenvalue weighted by Crippen LogP contribution is -1.96. The first-order valence-electron chi connectivity index (χ1n) is 6.91. The van der Waals surface area contributed by atoms with E-state index in [-0.39, 0.29) is 12.4 Å². The predicted octanol–water partition coefficient (Wildman–Crippen LogP) is 3.46. The third kappa shape index (κ3) is 3.13. The van der Waals surface area contributed by atoms with Crippen molar-refractivity contribution in [2.75, 3.05) is 0 Å². The zero-order chi connectivity index (χ0) is 14.7. The highest BCUT2D eigenvalue weighted by molar-refractivity contribution is 5.85. The molecule has 2 aromatic carbocycles. The molecule has 0 saturated carbocycles. The molecule has 0 atom stereocenters. The zero-order valence-corrected chi connectivity index (χ0v) is 11.7. The number of aromatic hydroxyl groups is 1. The Kier molecular flexibility index (Phi) is 3.73. The molecule has 21 heavy (non-hydrogen) atoms. The third-order valence-corrected chi connectivity index (χ3v) is 3.14. The molecule has 0 amide bonds. The number of phenols is 1. The summed E-state index contributed by atoms with van der Waals surface area (Å²) in [4.78, 5) is 4.25. The minimum atomic E-state index is 0.237. The van der Waals surface area contributed by atoms with E-state index in [2.05, 4.69) is 17.1 Å². The van der Waals surface area contributed by atoms with E-state index in [4.69, 9.17) is 9.26 Å². The Bertz CT molecular complexity index is 752. The maximum Gasteiger partial charge on any atom is 0.264 e. The van der Waals surface area contributed by atoms with Crippen LogP contribution in [0.5, 0.6) is 11.5 Å². The standard InChI is InChI=1S/C16H16N2O3/c1-2-3-15-17-16(21-18-15)10-20-14-7-5-11-4-6-13(19)8-12(11)9-14/h4-9,19H,2-3,10H2,1H3. The average Bonchev–Trinajstić information content (AvgIpc) is 2.93. The van der Waals surface area contributed by atoms with Gasteiger partial charge in [-0.05, 0) is 41.5 Å². The van der Waals surface area contributed by atoms with Crippen molar-refractivity contribution in [2.24, 2.45) is 0 Å². The van der Waals surface area contributed by atoms with Gasteiger partial charge in [0, 0.05) is 6.42 Å². The first kappa shape index (κ1) is 13.4. The van der Waals surface area contributed by atoms with Gasteiger partial charge in [0.15, 0.2) is 12.4 Å². The van der Waals surface area contributed by atoms with Crippen LogP contribution in [-0.2, 0) is 13.0 Å². The van der Waals surface area contributed by atoms with Crippen LogP contribution < -0.4 is 4.74 Å². The summed E-state index contributed by atoms with van der Waals surface area (Å²) in [6.07, 6.45) is 1.78. The summed E-state index contributed by atoms with van der Waals surface area (Å²) >= 11 is 0. The molecule has 0 aliphatic heterocycles. The smallest absolute Gasteiger partial charge is 0.264 e. The van der Waals surface area contributed by atoms with Crippen molar-refractivity contribution in [3.05, 3.63) is 48.1 Å². The van der Waals surface area contributed by atoms with Crippen molar-refractivity contribution in [2.45, 2.75) is 26.4 Å². The summed E-state index contributed by atoms with van der Waals surface area (Å²) < 4.78 is 10.8. The maximum atomic E-state index is 9.51. The quantitative estimate of drug-likeness (QED) is 0.777. The largest absolute Gasteiger partial charge is 0.508 e. The van der Waals surface area contributed by atoms with Crippen molar-refractivity contribution >= 4 is 10.8 Å². The van der Waals surface area contributed by atoms with Crippen LogP contribution in [0.25, 0.3) is 10.8 Å². The number of fused-ring (bicyclic) bond motifs is 1. The average molecular weight is 284 g/mol. The van der Waals surface area contributed by atoms with Crippen molar-refractivity contribution in [1.82, 2.24) is 10.1 Å². The molecule has 0 unspecified atom stereocenters. The van der Waals surface area contributed by atoms with E-state index in [9.17, 15) is 5.11 Å². The van der Waals surface area contributed by atoms with Gasteiger partial charge < -0.3 is 14.4 Å². The molecule has 0 aliphatic rings. The maximum absolute atomic E-state index is 9.51. The molecule has 0 fully saturated rings. The molecule has 0 spiro atoms. The van der Waals surface area contributed by atoms with Gasteiger partial charge in [0.2, 0.25) is 0 Å². The molecule has 0 bridgehead atoms. The van der Waals surface area contributed by atoms with Gasteiger partial charge in [-0.3, -0.25) is 0 Å². The number of benzene rings is 2. The highest BCUT2D eigenvalue weighted by atomic mass is 16.5. The minimum absolute atomic E-state index is 0.237. The lowest BCUT2D eigenvalue weighted by atomic mass is 10.1. The lowest BCUT2D eigenvalue weighted by molar-refractivity contribution is 0.242. The Morgan fingerprint density at radius 2 is 2.00 bits per heavy atom. The highest BCUT2D eigenvalue weighted by Gasteiger charge is 2.06. The summed E-state index contributed by atoms with van der Waals surface area (Å²) in [5.41, 5.74) is 0. The summed E-state index contributed by atoms with van der Waals surface area (Å²) in [6.45, 7) is 2.30. The van der Waals surface area contributed by atoms with Crippen molar-refractivity contribution < 1.29 is 14.4 Å². The fourth-order valence-corrected chi connectivity index (χ4v) is 2.12. The highest BCUT2D eigenvalue weighted by Crippen LogP contribution is 2.24. The van der Waals surface area contributed by atoms with Crippen molar-refractivity contribution in [3.63, 3.8) is 0 Å². The Morgan fingerprint density at radius 1 is 1.14 bits per heavy atom. The van der Waals surface area contributed by atoms with Crippen LogP contribution >= 0.6 is 0 Å². The van der Waals surface area contributed by atoms with Crippen molar-refractivity contribution in [3.8, 4) is 11.5 Å². The van der Waals surface area contributed by atoms with Gasteiger partial charge in [-0.15, -0.1) is 0 Å². The van der Waals surface area contributed by atoms with Gasteiger partial charge in [0.05, 0.1) is 0 Å². The number of rotatable bonds is 5. The van der Waals surface area contributed by atoms with Crippen LogP contribution in [0.1, 0.15) is 25.1 Å². The fraction of sp³-hybridized carbons (Fsp3) is 0.250. The van der Waals surface area contributed by atoms with E-state index >= 15 is 0 Å². The topological polar surface area (TPSA) is 68.4 Å². The number of aromatic nitrogens is 2. The van der Waals surface area contributed by atoms with E-state index in [1.54, 1.807) is 12.1 Å². The Hall–Kier alpha value is -2.56. The van der Waals surface area contributed by atoms with Gasteiger partial charge in [0.25, 0.3) is 5.89 Å². The number of phenolic OH excluding ortho intramolecular Hbond substituents is 1. The van der Waals surface area contributed by atoms with Gasteiger partial charge in [0.1, 0.15) is 11.5 Å². The Morgan fingerprint density at radius 3 is 2.86 bits per heavy atom. The number of nitrogens with zero attached hydrogens (tertiary/aromatic N) is 2. The molecule has 5 nitrogen and oxygen atoms in total. The molecule has 1 aromatic heterocycles. The molecule has 0 radical (unpaired) electrons. The molecule has 1 heterocycles. The fourth-order valence-electron chi connectivity index (χ4n) is 2.12. The molecule has 1 N–H and O–H groups in total. The molecular weight excluding hydrogens is 268 g/mol. The summed E-state index contributed by atoms with van der Waals surface area (Å²) in [6, 6.07) is 10.9. The van der Waals surface area contributed by atoms with Crippen LogP contribution in [-0.4, -0.2) is 15.2 Å². The third-order valence-electron chi connectivity index (χ3n) is 3.14. The SMILES string of the molecule is CCCc1noc(COc2ccc3ccc(O)cc3c2)n1. The van der Waals surface area contributed by atoms with E-state index in [1.807, 2.05) is 24.3 Å².